The van der Waals surface area contributed by atoms with Crippen molar-refractivity contribution in [2.75, 3.05) is 31.1 Å². The fourth-order valence-electron chi connectivity index (χ4n) is 2.82. The van der Waals surface area contributed by atoms with Gasteiger partial charge in [0.1, 0.15) is 12.3 Å². The molecule has 0 spiro atoms. The van der Waals surface area contributed by atoms with Gasteiger partial charge in [0.25, 0.3) is 10.0 Å². The van der Waals surface area contributed by atoms with Gasteiger partial charge in [-0.3, -0.25) is 9.10 Å². The van der Waals surface area contributed by atoms with Gasteiger partial charge in [-0.2, -0.15) is 0 Å². The Morgan fingerprint density at radius 2 is 1.83 bits per heavy atom. The third-order valence-corrected chi connectivity index (χ3v) is 6.09. The topological polar surface area (TPSA) is 84.9 Å². The van der Waals surface area contributed by atoms with Crippen molar-refractivity contribution in [3.63, 3.8) is 0 Å². The van der Waals surface area contributed by atoms with Gasteiger partial charge in [0.2, 0.25) is 5.91 Å². The zero-order chi connectivity index (χ0) is 22.1. The molecule has 2 rings (SSSR count). The van der Waals surface area contributed by atoms with Crippen LogP contribution in [0, 0.1) is 6.92 Å². The summed E-state index contributed by atoms with van der Waals surface area (Å²) in [6.07, 6.45) is 0.768. The highest BCUT2D eigenvalue weighted by molar-refractivity contribution is 7.92. The van der Waals surface area contributed by atoms with E-state index in [1.165, 1.54) is 19.2 Å². The monoisotopic (exact) mass is 434 g/mol. The minimum atomic E-state index is -3.98. The summed E-state index contributed by atoms with van der Waals surface area (Å²) < 4.78 is 38.7. The molecule has 0 saturated carbocycles. The van der Waals surface area contributed by atoms with Gasteiger partial charge in [-0.1, -0.05) is 24.3 Å². The number of rotatable bonds is 11. The first-order chi connectivity index (χ1) is 14.3. The molecule has 0 aliphatic rings. The van der Waals surface area contributed by atoms with Gasteiger partial charge in [0.15, 0.2) is 0 Å². The molecule has 2 aromatic rings. The summed E-state index contributed by atoms with van der Waals surface area (Å²) in [5, 5.41) is 2.77. The number of hydrogen-bond acceptors (Lipinski definition) is 5. The third kappa shape index (κ3) is 6.47. The summed E-state index contributed by atoms with van der Waals surface area (Å²) in [4.78, 5) is 12.7. The minimum Gasteiger partial charge on any atom is -0.495 e. The number of amides is 1. The van der Waals surface area contributed by atoms with Gasteiger partial charge in [0, 0.05) is 13.2 Å². The number of hydrogen-bond donors (Lipinski definition) is 1. The Bertz CT molecular complexity index is 930. The molecule has 0 fully saturated rings. The second-order valence-corrected chi connectivity index (χ2v) is 8.99. The van der Waals surface area contributed by atoms with E-state index in [1.54, 1.807) is 30.3 Å². The van der Waals surface area contributed by atoms with Gasteiger partial charge in [-0.25, -0.2) is 8.42 Å². The molecule has 0 aliphatic carbocycles. The van der Waals surface area contributed by atoms with E-state index in [0.29, 0.717) is 31.0 Å². The first-order valence-electron chi connectivity index (χ1n) is 9.86. The molecule has 2 aromatic carbocycles. The van der Waals surface area contributed by atoms with Crippen molar-refractivity contribution < 1.29 is 22.7 Å². The maximum Gasteiger partial charge on any atom is 0.264 e. The molecule has 0 aromatic heterocycles. The number of benzene rings is 2. The van der Waals surface area contributed by atoms with Crippen LogP contribution in [0.2, 0.25) is 0 Å². The second-order valence-electron chi connectivity index (χ2n) is 7.12. The highest BCUT2D eigenvalue weighted by Gasteiger charge is 2.29. The molecule has 164 valence electrons. The van der Waals surface area contributed by atoms with Gasteiger partial charge in [-0.15, -0.1) is 0 Å². The average molecular weight is 435 g/mol. The van der Waals surface area contributed by atoms with Crippen LogP contribution in [0.5, 0.6) is 5.75 Å². The maximum atomic E-state index is 13.4. The summed E-state index contributed by atoms with van der Waals surface area (Å²) in [5.74, 6) is -0.0270. The summed E-state index contributed by atoms with van der Waals surface area (Å²) in [5.41, 5.74) is 1.17. The fraction of sp³-hybridized carbons (Fsp3) is 0.409. The zero-order valence-electron chi connectivity index (χ0n) is 17.9. The largest absolute Gasteiger partial charge is 0.495 e. The Hall–Kier alpha value is -2.58. The molecule has 0 bridgehead atoms. The Morgan fingerprint density at radius 3 is 2.47 bits per heavy atom. The van der Waals surface area contributed by atoms with E-state index >= 15 is 0 Å². The number of carbonyl (C=O) groups excluding carboxylic acids is 1. The molecular weight excluding hydrogens is 404 g/mol. The van der Waals surface area contributed by atoms with Crippen molar-refractivity contribution in [1.29, 1.82) is 0 Å². The Kier molecular flexibility index (Phi) is 8.68. The molecule has 1 amide bonds. The zero-order valence-corrected chi connectivity index (χ0v) is 18.7. The van der Waals surface area contributed by atoms with Crippen LogP contribution in [0.25, 0.3) is 0 Å². The van der Waals surface area contributed by atoms with Crippen LogP contribution in [0.4, 0.5) is 5.69 Å². The van der Waals surface area contributed by atoms with E-state index in [2.05, 4.69) is 5.32 Å². The Morgan fingerprint density at radius 1 is 1.13 bits per heavy atom. The third-order valence-electron chi connectivity index (χ3n) is 4.32. The lowest BCUT2D eigenvalue weighted by molar-refractivity contribution is -0.119. The van der Waals surface area contributed by atoms with Crippen molar-refractivity contribution in [2.24, 2.45) is 0 Å². The van der Waals surface area contributed by atoms with Crippen LogP contribution in [-0.4, -0.2) is 47.2 Å². The first-order valence-corrected chi connectivity index (χ1v) is 11.3. The number of nitrogens with zero attached hydrogens (tertiary/aromatic N) is 1. The summed E-state index contributed by atoms with van der Waals surface area (Å²) in [6, 6.07) is 13.3. The van der Waals surface area contributed by atoms with Crippen molar-refractivity contribution in [2.45, 2.75) is 38.2 Å². The van der Waals surface area contributed by atoms with Crippen LogP contribution in [0.3, 0.4) is 0 Å². The molecule has 0 heterocycles. The van der Waals surface area contributed by atoms with Crippen molar-refractivity contribution >= 4 is 21.6 Å². The second kappa shape index (κ2) is 11.0. The van der Waals surface area contributed by atoms with Crippen LogP contribution < -0.4 is 14.4 Å². The van der Waals surface area contributed by atoms with Crippen LogP contribution in [0.15, 0.2) is 53.4 Å². The van der Waals surface area contributed by atoms with Crippen molar-refractivity contribution in [1.82, 2.24) is 5.32 Å². The van der Waals surface area contributed by atoms with E-state index in [4.69, 9.17) is 9.47 Å². The average Bonchev–Trinajstić information content (AvgIpc) is 2.72. The van der Waals surface area contributed by atoms with E-state index in [9.17, 15) is 13.2 Å². The van der Waals surface area contributed by atoms with Crippen molar-refractivity contribution in [3.8, 4) is 5.75 Å². The molecule has 30 heavy (non-hydrogen) atoms. The van der Waals surface area contributed by atoms with E-state index in [1.807, 2.05) is 26.8 Å². The van der Waals surface area contributed by atoms with Gasteiger partial charge < -0.3 is 14.8 Å². The molecule has 0 aliphatic heterocycles. The molecule has 0 unspecified atom stereocenters. The number of sulfonamides is 1. The molecule has 0 atom stereocenters. The molecule has 8 heteroatoms. The predicted molar refractivity (Wildman–Crippen MR) is 117 cm³/mol. The van der Waals surface area contributed by atoms with Crippen molar-refractivity contribution in [3.05, 3.63) is 54.1 Å². The Labute approximate surface area is 179 Å². The van der Waals surface area contributed by atoms with Crippen LogP contribution in [0.1, 0.15) is 25.8 Å². The summed E-state index contributed by atoms with van der Waals surface area (Å²) >= 11 is 0. The molecule has 0 radical (unpaired) electrons. The standard InChI is InChI=1S/C22H30N2O5S/c1-17(2)29-14-8-13-23-22(25)16-24(20-15-18(3)11-12-21(20)28-4)30(26,27)19-9-6-5-7-10-19/h5-7,9-12,15,17H,8,13-14,16H2,1-4H3,(H,23,25). The van der Waals surface area contributed by atoms with E-state index < -0.39 is 15.9 Å². The molecular formula is C22H30N2O5S. The molecule has 7 nitrogen and oxygen atoms in total. The summed E-state index contributed by atoms with van der Waals surface area (Å²) in [6.45, 7) is 6.30. The predicted octanol–water partition coefficient (Wildman–Crippen LogP) is 3.13. The molecule has 1 N–H and O–H groups in total. The SMILES string of the molecule is COc1ccc(C)cc1N(CC(=O)NCCCOC(C)C)S(=O)(=O)c1ccccc1. The highest BCUT2D eigenvalue weighted by atomic mass is 32.2. The number of anilines is 1. The number of nitrogens with one attached hydrogen (secondary N) is 1. The quantitative estimate of drug-likeness (QED) is 0.549. The number of methoxy groups -OCH3 is 1. The maximum absolute atomic E-state index is 13.4. The normalized spacial score (nSPS) is 11.4. The Balaban J connectivity index is 2.27. The smallest absolute Gasteiger partial charge is 0.264 e. The lowest BCUT2D eigenvalue weighted by Crippen LogP contribution is -2.41. The van der Waals surface area contributed by atoms with Crippen LogP contribution >= 0.6 is 0 Å². The fourth-order valence-corrected chi connectivity index (χ4v) is 4.26. The van der Waals surface area contributed by atoms with E-state index in [0.717, 1.165) is 9.87 Å². The van der Waals surface area contributed by atoms with Crippen LogP contribution in [-0.2, 0) is 19.6 Å². The lowest BCUT2D eigenvalue weighted by atomic mass is 10.2. The first kappa shape index (κ1) is 23.7. The number of carbonyl (C=O) groups is 1. The van der Waals surface area contributed by atoms with Gasteiger partial charge >= 0.3 is 0 Å². The number of aryl methyl sites for hydroxylation is 1. The number of ether oxygens (including phenoxy) is 2. The van der Waals surface area contributed by atoms with E-state index in [-0.39, 0.29) is 17.5 Å². The lowest BCUT2D eigenvalue weighted by Gasteiger charge is -2.26. The highest BCUT2D eigenvalue weighted by Crippen LogP contribution is 2.33. The van der Waals surface area contributed by atoms with Gasteiger partial charge in [-0.05, 0) is 57.0 Å². The summed E-state index contributed by atoms with van der Waals surface area (Å²) in [7, 11) is -2.51. The molecule has 0 saturated heterocycles. The van der Waals surface area contributed by atoms with Gasteiger partial charge in [0.05, 0.1) is 23.8 Å². The minimum absolute atomic E-state index is 0.103.